The summed E-state index contributed by atoms with van der Waals surface area (Å²) in [6.07, 6.45) is 8.23. The number of para-hydroxylation sites is 2. The van der Waals surface area contributed by atoms with Crippen molar-refractivity contribution < 1.29 is 9.67 Å². The molecule has 0 radical (unpaired) electrons. The predicted octanol–water partition coefficient (Wildman–Crippen LogP) is 1.64. The SMILES string of the molecule is CCCC[n+]1ccn(-c2ccccc2[O-])c1. The summed E-state index contributed by atoms with van der Waals surface area (Å²) in [4.78, 5) is 0. The molecule has 0 saturated carbocycles. The molecule has 0 aliphatic heterocycles. The molecule has 3 heteroatoms. The molecule has 0 fully saturated rings. The number of benzene rings is 1. The highest BCUT2D eigenvalue weighted by Gasteiger charge is 2.05. The van der Waals surface area contributed by atoms with Gasteiger partial charge in [-0.3, -0.25) is 0 Å². The summed E-state index contributed by atoms with van der Waals surface area (Å²) in [6.45, 7) is 3.18. The number of aryl methyl sites for hydroxylation is 1. The van der Waals surface area contributed by atoms with Gasteiger partial charge < -0.3 is 5.11 Å². The Hall–Kier alpha value is -1.77. The Balaban J connectivity index is 2.22. The average molecular weight is 216 g/mol. The molecule has 0 bridgehead atoms. The molecule has 0 aliphatic carbocycles. The largest absolute Gasteiger partial charge is 0.870 e. The van der Waals surface area contributed by atoms with E-state index < -0.39 is 0 Å². The summed E-state index contributed by atoms with van der Waals surface area (Å²) in [5.41, 5.74) is 0.706. The number of hydrogen-bond acceptors (Lipinski definition) is 1. The van der Waals surface area contributed by atoms with Gasteiger partial charge in [-0.05, 0) is 12.5 Å². The van der Waals surface area contributed by atoms with E-state index in [-0.39, 0.29) is 5.75 Å². The summed E-state index contributed by atoms with van der Waals surface area (Å²) in [6, 6.07) is 7.08. The molecule has 1 heterocycles. The summed E-state index contributed by atoms with van der Waals surface area (Å²) in [5, 5.41) is 11.6. The molecule has 0 saturated heterocycles. The number of rotatable bonds is 4. The van der Waals surface area contributed by atoms with Crippen LogP contribution in [-0.2, 0) is 6.54 Å². The zero-order valence-electron chi connectivity index (χ0n) is 9.47. The molecule has 0 atom stereocenters. The van der Waals surface area contributed by atoms with E-state index in [0.717, 1.165) is 13.0 Å². The maximum absolute atomic E-state index is 11.6. The minimum Gasteiger partial charge on any atom is -0.870 e. The molecule has 1 aromatic heterocycles. The lowest BCUT2D eigenvalue weighted by molar-refractivity contribution is -0.696. The zero-order chi connectivity index (χ0) is 11.4. The van der Waals surface area contributed by atoms with Crippen LogP contribution in [0.5, 0.6) is 5.75 Å². The molecular weight excluding hydrogens is 200 g/mol. The molecule has 0 amide bonds. The third-order valence-electron chi connectivity index (χ3n) is 2.60. The van der Waals surface area contributed by atoms with E-state index in [2.05, 4.69) is 11.5 Å². The van der Waals surface area contributed by atoms with Gasteiger partial charge in [0.2, 0.25) is 6.33 Å². The summed E-state index contributed by atoms with van der Waals surface area (Å²) >= 11 is 0. The number of unbranched alkanes of at least 4 members (excludes halogenated alkanes) is 1. The first-order valence-corrected chi connectivity index (χ1v) is 5.64. The van der Waals surface area contributed by atoms with Gasteiger partial charge >= 0.3 is 0 Å². The highest BCUT2D eigenvalue weighted by molar-refractivity contribution is 5.43. The van der Waals surface area contributed by atoms with Crippen molar-refractivity contribution in [3.63, 3.8) is 0 Å². The molecule has 1 aromatic carbocycles. The maximum atomic E-state index is 11.6. The first kappa shape index (κ1) is 10.7. The van der Waals surface area contributed by atoms with E-state index in [4.69, 9.17) is 0 Å². The predicted molar refractivity (Wildman–Crippen MR) is 60.3 cm³/mol. The van der Waals surface area contributed by atoms with E-state index in [9.17, 15) is 5.11 Å². The van der Waals surface area contributed by atoms with Gasteiger partial charge in [0.05, 0.1) is 6.54 Å². The first-order valence-electron chi connectivity index (χ1n) is 5.64. The van der Waals surface area contributed by atoms with E-state index in [1.807, 2.05) is 35.4 Å². The van der Waals surface area contributed by atoms with E-state index in [0.29, 0.717) is 5.69 Å². The molecule has 0 N–H and O–H groups in total. The monoisotopic (exact) mass is 216 g/mol. The van der Waals surface area contributed by atoms with Gasteiger partial charge in [-0.2, -0.15) is 0 Å². The van der Waals surface area contributed by atoms with Crippen molar-refractivity contribution in [1.82, 2.24) is 4.57 Å². The standard InChI is InChI=1S/C13H16N2O/c1-2-3-8-14-9-10-15(11-14)12-6-4-5-7-13(12)16/h4-7,9-11H,2-3,8H2,1H3. The Labute approximate surface area is 95.6 Å². The first-order chi connectivity index (χ1) is 7.81. The van der Waals surface area contributed by atoms with Crippen LogP contribution in [-0.4, -0.2) is 4.57 Å². The molecule has 3 nitrogen and oxygen atoms in total. The van der Waals surface area contributed by atoms with Crippen LogP contribution in [0.15, 0.2) is 43.0 Å². The fraction of sp³-hybridized carbons (Fsp3) is 0.308. The number of nitrogens with zero attached hydrogens (tertiary/aromatic N) is 2. The van der Waals surface area contributed by atoms with Gasteiger partial charge in [0, 0.05) is 0 Å². The van der Waals surface area contributed by atoms with Crippen molar-refractivity contribution in [3.05, 3.63) is 43.0 Å². The Kier molecular flexibility index (Phi) is 3.25. The quantitative estimate of drug-likeness (QED) is 0.715. The Morgan fingerprint density at radius 1 is 1.31 bits per heavy atom. The van der Waals surface area contributed by atoms with E-state index in [1.54, 1.807) is 12.1 Å². The Bertz CT molecular complexity index is 462. The van der Waals surface area contributed by atoms with Gasteiger partial charge in [0.15, 0.2) is 0 Å². The summed E-state index contributed by atoms with van der Waals surface area (Å²) in [5.74, 6) is 0.0562. The van der Waals surface area contributed by atoms with Crippen LogP contribution in [0.1, 0.15) is 19.8 Å². The van der Waals surface area contributed by atoms with Crippen molar-refractivity contribution in [2.24, 2.45) is 0 Å². The third-order valence-corrected chi connectivity index (χ3v) is 2.60. The van der Waals surface area contributed by atoms with Gasteiger partial charge in [-0.25, -0.2) is 9.13 Å². The molecule has 0 aliphatic rings. The highest BCUT2D eigenvalue weighted by atomic mass is 16.3. The third kappa shape index (κ3) is 2.24. The Morgan fingerprint density at radius 3 is 2.88 bits per heavy atom. The van der Waals surface area contributed by atoms with Crippen molar-refractivity contribution >= 4 is 0 Å². The van der Waals surface area contributed by atoms with Gasteiger partial charge in [0.1, 0.15) is 18.1 Å². The minimum absolute atomic E-state index is 0.0562. The van der Waals surface area contributed by atoms with Crippen LogP contribution in [0.3, 0.4) is 0 Å². The Morgan fingerprint density at radius 2 is 2.12 bits per heavy atom. The smallest absolute Gasteiger partial charge is 0.248 e. The lowest BCUT2D eigenvalue weighted by Crippen LogP contribution is -2.30. The fourth-order valence-electron chi connectivity index (χ4n) is 1.68. The average Bonchev–Trinajstić information content (AvgIpc) is 2.75. The number of aromatic nitrogens is 2. The van der Waals surface area contributed by atoms with Crippen LogP contribution in [0.2, 0.25) is 0 Å². The van der Waals surface area contributed by atoms with Crippen molar-refractivity contribution in [1.29, 1.82) is 0 Å². The minimum atomic E-state index is 0.0562. The van der Waals surface area contributed by atoms with Crippen molar-refractivity contribution in [2.75, 3.05) is 0 Å². The van der Waals surface area contributed by atoms with E-state index in [1.165, 1.54) is 6.42 Å². The summed E-state index contributed by atoms with van der Waals surface area (Å²) < 4.78 is 3.98. The van der Waals surface area contributed by atoms with Crippen LogP contribution < -0.4 is 9.67 Å². The van der Waals surface area contributed by atoms with Crippen LogP contribution in [0, 0.1) is 0 Å². The topological polar surface area (TPSA) is 31.9 Å². The van der Waals surface area contributed by atoms with Crippen LogP contribution >= 0.6 is 0 Å². The number of imidazole rings is 1. The molecule has 16 heavy (non-hydrogen) atoms. The van der Waals surface area contributed by atoms with E-state index >= 15 is 0 Å². The molecule has 0 unspecified atom stereocenters. The highest BCUT2D eigenvalue weighted by Crippen LogP contribution is 2.16. The van der Waals surface area contributed by atoms with Crippen molar-refractivity contribution in [3.8, 4) is 11.4 Å². The van der Waals surface area contributed by atoms with Gasteiger partial charge in [-0.15, -0.1) is 0 Å². The molecule has 2 rings (SSSR count). The normalized spacial score (nSPS) is 10.6. The van der Waals surface area contributed by atoms with Crippen LogP contribution in [0.25, 0.3) is 5.69 Å². The second kappa shape index (κ2) is 4.84. The second-order valence-corrected chi connectivity index (χ2v) is 3.88. The lowest BCUT2D eigenvalue weighted by Gasteiger charge is -2.07. The molecule has 84 valence electrons. The van der Waals surface area contributed by atoms with Gasteiger partial charge in [-0.1, -0.05) is 37.3 Å². The molecule has 0 spiro atoms. The second-order valence-electron chi connectivity index (χ2n) is 3.88. The summed E-state index contributed by atoms with van der Waals surface area (Å²) in [7, 11) is 0. The number of hydrogen-bond donors (Lipinski definition) is 0. The lowest BCUT2D eigenvalue weighted by atomic mass is 10.3. The maximum Gasteiger partial charge on any atom is 0.248 e. The fourth-order valence-corrected chi connectivity index (χ4v) is 1.68. The van der Waals surface area contributed by atoms with Crippen molar-refractivity contribution in [2.45, 2.75) is 26.3 Å². The van der Waals surface area contributed by atoms with Gasteiger partial charge in [0.25, 0.3) is 0 Å². The van der Waals surface area contributed by atoms with Crippen LogP contribution in [0.4, 0.5) is 0 Å². The zero-order valence-corrected chi connectivity index (χ0v) is 9.47. The molecular formula is C13H16N2O. The molecule has 2 aromatic rings.